The first kappa shape index (κ1) is 19.7. The predicted octanol–water partition coefficient (Wildman–Crippen LogP) is 0.859. The van der Waals surface area contributed by atoms with Crippen LogP contribution in [-0.2, 0) is 14.3 Å². The number of ether oxygens (including phenoxy) is 1. The van der Waals surface area contributed by atoms with E-state index in [4.69, 9.17) is 9.15 Å². The monoisotopic (exact) mass is 373 g/mol. The number of aryl methyl sites for hydroxylation is 1. The summed E-state index contributed by atoms with van der Waals surface area (Å²) in [7, 11) is 1.44. The Kier molecular flexibility index (Phi) is 6.70. The van der Waals surface area contributed by atoms with E-state index in [2.05, 4.69) is 16.0 Å². The van der Waals surface area contributed by atoms with Crippen LogP contribution in [0.4, 0.5) is 5.69 Å². The Morgan fingerprint density at radius 3 is 2.56 bits per heavy atom. The van der Waals surface area contributed by atoms with Crippen molar-refractivity contribution in [3.05, 3.63) is 53.5 Å². The molecule has 0 aliphatic carbocycles. The average Bonchev–Trinajstić information content (AvgIpc) is 3.20. The van der Waals surface area contributed by atoms with Crippen LogP contribution >= 0.6 is 0 Å². The van der Waals surface area contributed by atoms with Gasteiger partial charge in [-0.2, -0.15) is 0 Å². The number of likely N-dealkylation sites (N-methyl/N-ethyl adjacent to an activating group) is 1. The second-order valence-corrected chi connectivity index (χ2v) is 5.49. The van der Waals surface area contributed by atoms with Crippen molar-refractivity contribution in [1.82, 2.24) is 10.6 Å². The molecule has 3 N–H and O–H groups in total. The van der Waals surface area contributed by atoms with E-state index in [0.717, 1.165) is 5.56 Å². The van der Waals surface area contributed by atoms with E-state index in [9.17, 15) is 19.2 Å². The molecule has 0 saturated heterocycles. The third-order valence-electron chi connectivity index (χ3n) is 3.53. The van der Waals surface area contributed by atoms with Crippen molar-refractivity contribution in [3.8, 4) is 0 Å². The summed E-state index contributed by atoms with van der Waals surface area (Å²) in [5, 5.41) is 7.30. The number of esters is 1. The van der Waals surface area contributed by atoms with Gasteiger partial charge in [-0.25, -0.2) is 4.79 Å². The summed E-state index contributed by atoms with van der Waals surface area (Å²) >= 11 is 0. The maximum Gasteiger partial charge on any atom is 0.338 e. The van der Waals surface area contributed by atoms with Gasteiger partial charge >= 0.3 is 5.97 Å². The van der Waals surface area contributed by atoms with Crippen LogP contribution in [0.1, 0.15) is 26.5 Å². The number of carbonyl (C=O) groups is 4. The minimum absolute atomic E-state index is 0.134. The van der Waals surface area contributed by atoms with Crippen molar-refractivity contribution in [2.45, 2.75) is 6.92 Å². The van der Waals surface area contributed by atoms with Gasteiger partial charge in [-0.1, -0.05) is 6.07 Å². The van der Waals surface area contributed by atoms with Gasteiger partial charge < -0.3 is 25.1 Å². The summed E-state index contributed by atoms with van der Waals surface area (Å²) in [6.07, 6.45) is 1.38. The van der Waals surface area contributed by atoms with Gasteiger partial charge in [-0.15, -0.1) is 0 Å². The Morgan fingerprint density at radius 2 is 1.89 bits per heavy atom. The van der Waals surface area contributed by atoms with Gasteiger partial charge in [0.1, 0.15) is 0 Å². The molecule has 9 nitrogen and oxygen atoms in total. The molecule has 0 unspecified atom stereocenters. The van der Waals surface area contributed by atoms with E-state index in [-0.39, 0.29) is 23.8 Å². The Bertz CT molecular complexity index is 845. The van der Waals surface area contributed by atoms with Crippen LogP contribution < -0.4 is 16.0 Å². The van der Waals surface area contributed by atoms with Crippen molar-refractivity contribution in [2.75, 3.05) is 25.5 Å². The second-order valence-electron chi connectivity index (χ2n) is 5.49. The molecule has 9 heteroatoms. The first-order valence-corrected chi connectivity index (χ1v) is 8.00. The van der Waals surface area contributed by atoms with Crippen molar-refractivity contribution >= 4 is 29.4 Å². The lowest BCUT2D eigenvalue weighted by Gasteiger charge is -2.10. The molecule has 0 bridgehead atoms. The van der Waals surface area contributed by atoms with E-state index >= 15 is 0 Å². The van der Waals surface area contributed by atoms with Gasteiger partial charge in [0.2, 0.25) is 5.91 Å². The van der Waals surface area contributed by atoms with Crippen LogP contribution in [0.3, 0.4) is 0 Å². The second kappa shape index (κ2) is 9.18. The third kappa shape index (κ3) is 5.70. The minimum Gasteiger partial charge on any atom is -0.459 e. The largest absolute Gasteiger partial charge is 0.459 e. The van der Waals surface area contributed by atoms with Crippen LogP contribution in [0, 0.1) is 6.92 Å². The average molecular weight is 373 g/mol. The van der Waals surface area contributed by atoms with E-state index in [1.807, 2.05) is 0 Å². The van der Waals surface area contributed by atoms with E-state index in [1.165, 1.54) is 31.5 Å². The van der Waals surface area contributed by atoms with Crippen molar-refractivity contribution < 1.29 is 28.3 Å². The van der Waals surface area contributed by atoms with Gasteiger partial charge in [0.15, 0.2) is 12.4 Å². The fourth-order valence-electron chi connectivity index (χ4n) is 2.01. The molecule has 1 aromatic heterocycles. The summed E-state index contributed by atoms with van der Waals surface area (Å²) in [6.45, 7) is 1.03. The van der Waals surface area contributed by atoms with Gasteiger partial charge in [-0.3, -0.25) is 14.4 Å². The van der Waals surface area contributed by atoms with Crippen LogP contribution in [0.2, 0.25) is 0 Å². The molecule has 0 saturated carbocycles. The smallest absolute Gasteiger partial charge is 0.338 e. The SMILES string of the molecule is CNC(=O)CNC(=O)COC(=O)c1ccc(C)c(NC(=O)c2ccco2)c1. The number of nitrogens with one attached hydrogen (secondary N) is 3. The molecule has 0 aliphatic heterocycles. The molecule has 2 aromatic rings. The standard InChI is InChI=1S/C18H19N3O6/c1-11-5-6-12(8-13(11)21-17(24)14-4-3-7-26-14)18(25)27-10-16(23)20-9-15(22)19-2/h3-8H,9-10H2,1-2H3,(H,19,22)(H,20,23)(H,21,24). The maximum absolute atomic E-state index is 12.1. The molecule has 3 amide bonds. The molecular formula is C18H19N3O6. The van der Waals surface area contributed by atoms with Gasteiger partial charge in [0.05, 0.1) is 18.4 Å². The first-order valence-electron chi connectivity index (χ1n) is 8.00. The highest BCUT2D eigenvalue weighted by Crippen LogP contribution is 2.19. The molecule has 1 heterocycles. The number of benzene rings is 1. The Morgan fingerprint density at radius 1 is 1.11 bits per heavy atom. The summed E-state index contributed by atoms with van der Waals surface area (Å²) in [6, 6.07) is 7.70. The minimum atomic E-state index is -0.737. The number of anilines is 1. The summed E-state index contributed by atoms with van der Waals surface area (Å²) in [5.74, 6) is -2.04. The summed E-state index contributed by atoms with van der Waals surface area (Å²) in [5.41, 5.74) is 1.30. The van der Waals surface area contributed by atoms with Crippen molar-refractivity contribution in [2.24, 2.45) is 0 Å². The molecule has 142 valence electrons. The predicted molar refractivity (Wildman–Crippen MR) is 95.2 cm³/mol. The van der Waals surface area contributed by atoms with Crippen LogP contribution in [0.15, 0.2) is 41.0 Å². The first-order chi connectivity index (χ1) is 12.9. The number of amides is 3. The fraction of sp³-hybridized carbons (Fsp3) is 0.222. The van der Waals surface area contributed by atoms with Crippen molar-refractivity contribution in [1.29, 1.82) is 0 Å². The van der Waals surface area contributed by atoms with E-state index < -0.39 is 24.4 Å². The zero-order valence-electron chi connectivity index (χ0n) is 14.8. The number of furan rings is 1. The van der Waals surface area contributed by atoms with Crippen molar-refractivity contribution in [3.63, 3.8) is 0 Å². The Balaban J connectivity index is 1.95. The topological polar surface area (TPSA) is 127 Å². The highest BCUT2D eigenvalue weighted by Gasteiger charge is 2.15. The number of carbonyl (C=O) groups excluding carboxylic acids is 4. The maximum atomic E-state index is 12.1. The highest BCUT2D eigenvalue weighted by molar-refractivity contribution is 6.03. The zero-order chi connectivity index (χ0) is 19.8. The zero-order valence-corrected chi connectivity index (χ0v) is 14.8. The number of hydrogen-bond acceptors (Lipinski definition) is 6. The number of rotatable bonds is 7. The van der Waals surface area contributed by atoms with Crippen LogP contribution in [0.25, 0.3) is 0 Å². The fourth-order valence-corrected chi connectivity index (χ4v) is 2.01. The van der Waals surface area contributed by atoms with E-state index in [0.29, 0.717) is 5.69 Å². The molecule has 0 spiro atoms. The molecule has 0 aliphatic rings. The lowest BCUT2D eigenvalue weighted by Crippen LogP contribution is -2.37. The van der Waals surface area contributed by atoms with E-state index in [1.54, 1.807) is 19.1 Å². The summed E-state index contributed by atoms with van der Waals surface area (Å²) < 4.78 is 9.94. The van der Waals surface area contributed by atoms with Gasteiger partial charge in [0, 0.05) is 12.7 Å². The molecule has 0 atom stereocenters. The van der Waals surface area contributed by atoms with Gasteiger partial charge in [-0.05, 0) is 36.8 Å². The molecule has 0 fully saturated rings. The number of hydrogen-bond donors (Lipinski definition) is 3. The summed E-state index contributed by atoms with van der Waals surface area (Å²) in [4.78, 5) is 46.8. The quantitative estimate of drug-likeness (QED) is 0.618. The van der Waals surface area contributed by atoms with Gasteiger partial charge in [0.25, 0.3) is 11.8 Å². The third-order valence-corrected chi connectivity index (χ3v) is 3.53. The lowest BCUT2D eigenvalue weighted by atomic mass is 10.1. The Hall–Kier alpha value is -3.62. The molecular weight excluding hydrogens is 354 g/mol. The normalized spacial score (nSPS) is 10.0. The molecule has 27 heavy (non-hydrogen) atoms. The Labute approximate surface area is 155 Å². The lowest BCUT2D eigenvalue weighted by molar-refractivity contribution is -0.127. The molecule has 2 rings (SSSR count). The molecule has 1 aromatic carbocycles. The van der Waals surface area contributed by atoms with Crippen LogP contribution in [-0.4, -0.2) is 43.9 Å². The highest BCUT2D eigenvalue weighted by atomic mass is 16.5. The van der Waals surface area contributed by atoms with Crippen LogP contribution in [0.5, 0.6) is 0 Å². The molecule has 0 radical (unpaired) electrons.